The van der Waals surface area contributed by atoms with Crippen LogP contribution in [0.4, 0.5) is 0 Å². The summed E-state index contributed by atoms with van der Waals surface area (Å²) in [7, 11) is 0. The average Bonchev–Trinajstić information content (AvgIpc) is 2.71. The second kappa shape index (κ2) is 3.83. The van der Waals surface area contributed by atoms with Gasteiger partial charge < -0.3 is 9.84 Å². The maximum absolute atomic E-state index is 5.05. The van der Waals surface area contributed by atoms with Gasteiger partial charge in [0.1, 0.15) is 0 Å². The Balaban J connectivity index is 1.85. The summed E-state index contributed by atoms with van der Waals surface area (Å²) >= 11 is 1.75. The van der Waals surface area contributed by atoms with Gasteiger partial charge in [-0.25, -0.2) is 0 Å². The molecule has 0 fully saturated rings. The molecule has 0 aliphatic carbocycles. The minimum atomic E-state index is 0.673. The van der Waals surface area contributed by atoms with Crippen molar-refractivity contribution in [1.29, 1.82) is 0 Å². The maximum atomic E-state index is 5.05. The van der Waals surface area contributed by atoms with E-state index in [2.05, 4.69) is 15.5 Å². The number of aromatic nitrogens is 1. The van der Waals surface area contributed by atoms with Crippen LogP contribution in [0.5, 0.6) is 0 Å². The first-order valence-corrected chi connectivity index (χ1v) is 5.16. The van der Waals surface area contributed by atoms with E-state index in [1.54, 1.807) is 11.8 Å². The molecule has 0 bridgehead atoms. The second-order valence-corrected chi connectivity index (χ2v) is 3.91. The molecular weight excluding hydrogens is 186 g/mol. The summed E-state index contributed by atoms with van der Waals surface area (Å²) in [5.41, 5.74) is 0.915. The normalized spacial score (nSPS) is 15.9. The highest BCUT2D eigenvalue weighted by Gasteiger charge is 2.07. The van der Waals surface area contributed by atoms with Crippen molar-refractivity contribution >= 4 is 16.9 Å². The zero-order valence-electron chi connectivity index (χ0n) is 7.41. The first-order chi connectivity index (χ1) is 6.34. The Labute approximate surface area is 80.8 Å². The van der Waals surface area contributed by atoms with Crippen molar-refractivity contribution < 1.29 is 4.52 Å². The van der Waals surface area contributed by atoms with Gasteiger partial charge in [0, 0.05) is 11.8 Å². The van der Waals surface area contributed by atoms with Crippen LogP contribution in [0.25, 0.3) is 0 Å². The van der Waals surface area contributed by atoms with Crippen LogP contribution < -0.4 is 5.32 Å². The fourth-order valence-corrected chi connectivity index (χ4v) is 1.84. The van der Waals surface area contributed by atoms with Crippen molar-refractivity contribution in [3.63, 3.8) is 0 Å². The molecule has 0 saturated carbocycles. The molecule has 1 aromatic heterocycles. The Morgan fingerprint density at radius 2 is 2.62 bits per heavy atom. The molecule has 0 atom stereocenters. The molecule has 0 spiro atoms. The molecule has 0 aromatic carbocycles. The molecule has 5 heteroatoms. The van der Waals surface area contributed by atoms with E-state index in [1.165, 1.54) is 0 Å². The fourth-order valence-electron chi connectivity index (χ4n) is 1.10. The molecule has 2 rings (SSSR count). The smallest absolute Gasteiger partial charge is 0.157 e. The van der Waals surface area contributed by atoms with Crippen LogP contribution >= 0.6 is 11.8 Å². The lowest BCUT2D eigenvalue weighted by Crippen LogP contribution is -2.17. The van der Waals surface area contributed by atoms with E-state index in [0.29, 0.717) is 6.54 Å². The summed E-state index contributed by atoms with van der Waals surface area (Å²) in [6.45, 7) is 3.50. The van der Waals surface area contributed by atoms with Gasteiger partial charge in [-0.05, 0) is 6.92 Å². The molecule has 0 radical (unpaired) electrons. The van der Waals surface area contributed by atoms with Gasteiger partial charge in [0.05, 0.1) is 18.8 Å². The molecule has 1 aliphatic rings. The summed E-state index contributed by atoms with van der Waals surface area (Å²) in [6, 6.07) is 1.92. The first-order valence-electron chi connectivity index (χ1n) is 4.18. The number of amidine groups is 1. The van der Waals surface area contributed by atoms with Crippen molar-refractivity contribution in [3.8, 4) is 0 Å². The van der Waals surface area contributed by atoms with Gasteiger partial charge in [-0.3, -0.25) is 4.99 Å². The van der Waals surface area contributed by atoms with Crippen molar-refractivity contribution in [1.82, 2.24) is 10.5 Å². The number of nitrogens with one attached hydrogen (secondary N) is 1. The molecule has 1 aromatic rings. The summed E-state index contributed by atoms with van der Waals surface area (Å²) in [6.07, 6.45) is 0. The van der Waals surface area contributed by atoms with Crippen LogP contribution in [-0.4, -0.2) is 22.6 Å². The Morgan fingerprint density at radius 3 is 3.23 bits per heavy atom. The third kappa shape index (κ3) is 2.24. The van der Waals surface area contributed by atoms with E-state index in [-0.39, 0.29) is 0 Å². The monoisotopic (exact) mass is 197 g/mol. The first kappa shape index (κ1) is 8.62. The minimum absolute atomic E-state index is 0.673. The van der Waals surface area contributed by atoms with Crippen LogP contribution in [0.3, 0.4) is 0 Å². The summed E-state index contributed by atoms with van der Waals surface area (Å²) in [5, 5.41) is 8.00. The molecule has 0 unspecified atom stereocenters. The lowest BCUT2D eigenvalue weighted by atomic mass is 10.4. The van der Waals surface area contributed by atoms with E-state index >= 15 is 0 Å². The predicted octanol–water partition coefficient (Wildman–Crippen LogP) is 1.18. The third-order valence-electron chi connectivity index (χ3n) is 1.68. The zero-order valence-corrected chi connectivity index (χ0v) is 8.23. The van der Waals surface area contributed by atoms with E-state index < -0.39 is 0 Å². The molecular formula is C8H11N3OS. The number of thioether (sulfide) groups is 1. The van der Waals surface area contributed by atoms with Crippen molar-refractivity contribution in [2.45, 2.75) is 13.5 Å². The number of aliphatic imine (C=N–C) groups is 1. The standard InChI is InChI=1S/C8H11N3OS/c1-6-4-7(12-11-6)5-10-8-9-2-3-13-8/h4H,2-3,5H2,1H3,(H,9,10). The topological polar surface area (TPSA) is 50.4 Å². The molecule has 1 N–H and O–H groups in total. The average molecular weight is 197 g/mol. The number of rotatable bonds is 2. The van der Waals surface area contributed by atoms with Gasteiger partial charge in [0.15, 0.2) is 10.9 Å². The van der Waals surface area contributed by atoms with E-state index in [4.69, 9.17) is 4.52 Å². The van der Waals surface area contributed by atoms with Gasteiger partial charge in [-0.1, -0.05) is 16.9 Å². The van der Waals surface area contributed by atoms with Gasteiger partial charge in [-0.2, -0.15) is 0 Å². The lowest BCUT2D eigenvalue weighted by Gasteiger charge is -2.00. The van der Waals surface area contributed by atoms with Crippen molar-refractivity contribution in [2.75, 3.05) is 12.3 Å². The molecule has 2 heterocycles. The Bertz CT molecular complexity index is 321. The maximum Gasteiger partial charge on any atom is 0.157 e. The van der Waals surface area contributed by atoms with Crippen LogP contribution in [0.2, 0.25) is 0 Å². The number of hydrogen-bond donors (Lipinski definition) is 1. The van der Waals surface area contributed by atoms with Gasteiger partial charge in [0.25, 0.3) is 0 Å². The fraction of sp³-hybridized carbons (Fsp3) is 0.500. The van der Waals surface area contributed by atoms with Crippen LogP contribution in [0.1, 0.15) is 11.5 Å². The highest BCUT2D eigenvalue weighted by Crippen LogP contribution is 2.10. The van der Waals surface area contributed by atoms with E-state index in [0.717, 1.165) is 28.9 Å². The molecule has 0 amide bonds. The van der Waals surface area contributed by atoms with Crippen molar-refractivity contribution in [3.05, 3.63) is 17.5 Å². The number of aryl methyl sites for hydroxylation is 1. The summed E-state index contributed by atoms with van der Waals surface area (Å²) < 4.78 is 5.05. The molecule has 0 saturated heterocycles. The van der Waals surface area contributed by atoms with Gasteiger partial charge in [-0.15, -0.1) is 0 Å². The minimum Gasteiger partial charge on any atom is -0.359 e. The quantitative estimate of drug-likeness (QED) is 0.773. The van der Waals surface area contributed by atoms with Gasteiger partial charge >= 0.3 is 0 Å². The molecule has 1 aliphatic heterocycles. The highest BCUT2D eigenvalue weighted by atomic mass is 32.2. The number of hydrogen-bond acceptors (Lipinski definition) is 5. The van der Waals surface area contributed by atoms with E-state index in [1.807, 2.05) is 13.0 Å². The molecule has 13 heavy (non-hydrogen) atoms. The molecule has 4 nitrogen and oxygen atoms in total. The Kier molecular flexibility index (Phi) is 2.54. The third-order valence-corrected chi connectivity index (χ3v) is 2.61. The van der Waals surface area contributed by atoms with Gasteiger partial charge in [0.2, 0.25) is 0 Å². The van der Waals surface area contributed by atoms with Crippen LogP contribution in [0, 0.1) is 6.92 Å². The van der Waals surface area contributed by atoms with Crippen LogP contribution in [0.15, 0.2) is 15.6 Å². The predicted molar refractivity (Wildman–Crippen MR) is 52.8 cm³/mol. The SMILES string of the molecule is Cc1cc(CNC2=NCCS2)on1. The largest absolute Gasteiger partial charge is 0.359 e. The van der Waals surface area contributed by atoms with E-state index in [9.17, 15) is 0 Å². The molecule has 70 valence electrons. The second-order valence-electron chi connectivity index (χ2n) is 2.82. The summed E-state index contributed by atoms with van der Waals surface area (Å²) in [5.74, 6) is 1.94. The van der Waals surface area contributed by atoms with Crippen LogP contribution in [-0.2, 0) is 6.54 Å². The Morgan fingerprint density at radius 1 is 1.69 bits per heavy atom. The highest BCUT2D eigenvalue weighted by molar-refractivity contribution is 8.14. The van der Waals surface area contributed by atoms with Crippen molar-refractivity contribution in [2.24, 2.45) is 4.99 Å². The zero-order chi connectivity index (χ0) is 9.10. The lowest BCUT2D eigenvalue weighted by molar-refractivity contribution is 0.377. The number of nitrogens with zero attached hydrogens (tertiary/aromatic N) is 2. The summed E-state index contributed by atoms with van der Waals surface area (Å²) in [4.78, 5) is 4.26. The Hall–Kier alpha value is -0.970.